The number of nitrogens with two attached hydrogens (primary N) is 1. The molecule has 0 aromatic heterocycles. The van der Waals surface area contributed by atoms with Crippen molar-refractivity contribution < 1.29 is 9.53 Å². The van der Waals surface area contributed by atoms with Gasteiger partial charge in [-0.25, -0.2) is 0 Å². The number of hydrogen-bond acceptors (Lipinski definition) is 3. The first-order valence-corrected chi connectivity index (χ1v) is 7.09. The fraction of sp³-hybridized carbons (Fsp3) is 0.562. The molecule has 4 nitrogen and oxygen atoms in total. The molecular formula is C16H26N2O2. The molecule has 3 N–H and O–H groups in total. The Bertz CT molecular complexity index is 438. The summed E-state index contributed by atoms with van der Waals surface area (Å²) >= 11 is 0. The molecule has 20 heavy (non-hydrogen) atoms. The summed E-state index contributed by atoms with van der Waals surface area (Å²) in [7, 11) is 0. The van der Waals surface area contributed by atoms with Crippen molar-refractivity contribution in [1.29, 1.82) is 0 Å². The third kappa shape index (κ3) is 5.61. The minimum Gasteiger partial charge on any atom is -0.494 e. The van der Waals surface area contributed by atoms with Gasteiger partial charge in [0, 0.05) is 18.3 Å². The van der Waals surface area contributed by atoms with Crippen molar-refractivity contribution in [2.24, 2.45) is 17.1 Å². The number of hydrogen-bond donors (Lipinski definition) is 2. The predicted molar refractivity (Wildman–Crippen MR) is 82.9 cm³/mol. The van der Waals surface area contributed by atoms with Crippen molar-refractivity contribution in [3.05, 3.63) is 24.3 Å². The van der Waals surface area contributed by atoms with E-state index in [9.17, 15) is 4.79 Å². The summed E-state index contributed by atoms with van der Waals surface area (Å²) < 4.78 is 5.42. The van der Waals surface area contributed by atoms with Gasteiger partial charge in [0.1, 0.15) is 5.75 Å². The van der Waals surface area contributed by atoms with E-state index < -0.39 is 0 Å². The lowest BCUT2D eigenvalue weighted by Gasteiger charge is -2.24. The Morgan fingerprint density at radius 2 is 2.10 bits per heavy atom. The summed E-state index contributed by atoms with van der Waals surface area (Å²) in [6, 6.07) is 7.41. The van der Waals surface area contributed by atoms with Crippen LogP contribution in [0.4, 0.5) is 5.69 Å². The molecule has 0 fully saturated rings. The van der Waals surface area contributed by atoms with Crippen LogP contribution in [0.2, 0.25) is 0 Å². The van der Waals surface area contributed by atoms with Gasteiger partial charge in [-0.15, -0.1) is 0 Å². The lowest BCUT2D eigenvalue weighted by molar-refractivity contribution is -0.120. The zero-order valence-corrected chi connectivity index (χ0v) is 12.9. The molecule has 0 aliphatic carbocycles. The summed E-state index contributed by atoms with van der Waals surface area (Å²) in [6.45, 7) is 9.22. The average Bonchev–Trinajstić information content (AvgIpc) is 2.35. The Kier molecular flexibility index (Phi) is 6.02. The van der Waals surface area contributed by atoms with E-state index in [1.165, 1.54) is 0 Å². The molecular weight excluding hydrogens is 252 g/mol. The topological polar surface area (TPSA) is 64.3 Å². The van der Waals surface area contributed by atoms with Gasteiger partial charge in [0.25, 0.3) is 0 Å². The van der Waals surface area contributed by atoms with E-state index in [0.717, 1.165) is 17.9 Å². The molecule has 1 aromatic carbocycles. The van der Waals surface area contributed by atoms with E-state index in [2.05, 4.69) is 26.1 Å². The van der Waals surface area contributed by atoms with Crippen LogP contribution in [0, 0.1) is 11.3 Å². The minimum atomic E-state index is -0.175. The molecule has 0 aliphatic rings. The van der Waals surface area contributed by atoms with Gasteiger partial charge >= 0.3 is 0 Å². The molecule has 0 bridgehead atoms. The number of rotatable bonds is 6. The molecule has 0 radical (unpaired) electrons. The number of anilines is 1. The van der Waals surface area contributed by atoms with Gasteiger partial charge in [-0.2, -0.15) is 0 Å². The molecule has 1 unspecified atom stereocenters. The van der Waals surface area contributed by atoms with Gasteiger partial charge in [0.05, 0.1) is 12.5 Å². The Hall–Kier alpha value is -1.55. The van der Waals surface area contributed by atoms with Crippen molar-refractivity contribution in [3.63, 3.8) is 0 Å². The molecule has 0 spiro atoms. The number of amides is 1. The monoisotopic (exact) mass is 278 g/mol. The van der Waals surface area contributed by atoms with Crippen LogP contribution in [0.25, 0.3) is 0 Å². The molecule has 1 atom stereocenters. The zero-order valence-electron chi connectivity index (χ0n) is 12.9. The van der Waals surface area contributed by atoms with Crippen LogP contribution in [0.15, 0.2) is 24.3 Å². The van der Waals surface area contributed by atoms with E-state index >= 15 is 0 Å². The number of benzene rings is 1. The SMILES string of the molecule is CCOc1cccc(NC(=O)C(CN)CC(C)(C)C)c1. The number of carbonyl (C=O) groups is 1. The van der Waals surface area contributed by atoms with Gasteiger partial charge in [-0.1, -0.05) is 26.8 Å². The van der Waals surface area contributed by atoms with Gasteiger partial charge in [-0.3, -0.25) is 4.79 Å². The maximum absolute atomic E-state index is 12.3. The van der Waals surface area contributed by atoms with Gasteiger partial charge in [0.2, 0.25) is 5.91 Å². The second-order valence-electron chi connectivity index (χ2n) is 6.15. The predicted octanol–water partition coefficient (Wildman–Crippen LogP) is 3.03. The summed E-state index contributed by atoms with van der Waals surface area (Å²) in [5.41, 5.74) is 6.55. The molecule has 0 saturated carbocycles. The molecule has 0 heterocycles. The van der Waals surface area contributed by atoms with Gasteiger partial charge in [0.15, 0.2) is 0 Å². The first-order chi connectivity index (χ1) is 9.35. The summed E-state index contributed by atoms with van der Waals surface area (Å²) in [5, 5.41) is 2.92. The van der Waals surface area contributed by atoms with Crippen LogP contribution in [0.3, 0.4) is 0 Å². The highest BCUT2D eigenvalue weighted by Crippen LogP contribution is 2.25. The smallest absolute Gasteiger partial charge is 0.228 e. The van der Waals surface area contributed by atoms with Crippen molar-refractivity contribution >= 4 is 11.6 Å². The van der Waals surface area contributed by atoms with E-state index in [-0.39, 0.29) is 17.2 Å². The Balaban J connectivity index is 2.70. The van der Waals surface area contributed by atoms with Crippen LogP contribution < -0.4 is 15.8 Å². The maximum atomic E-state index is 12.3. The molecule has 0 aliphatic heterocycles. The van der Waals surface area contributed by atoms with E-state index in [4.69, 9.17) is 10.5 Å². The van der Waals surface area contributed by atoms with Gasteiger partial charge < -0.3 is 15.8 Å². The van der Waals surface area contributed by atoms with Crippen LogP contribution in [0.1, 0.15) is 34.1 Å². The molecule has 0 saturated heterocycles. The van der Waals surface area contributed by atoms with Crippen LogP contribution in [0.5, 0.6) is 5.75 Å². The Labute approximate surface area is 121 Å². The zero-order chi connectivity index (χ0) is 15.2. The highest BCUT2D eigenvalue weighted by Gasteiger charge is 2.23. The summed E-state index contributed by atoms with van der Waals surface area (Å²) in [4.78, 5) is 12.3. The quantitative estimate of drug-likeness (QED) is 0.840. The third-order valence-corrected chi connectivity index (χ3v) is 2.93. The maximum Gasteiger partial charge on any atom is 0.228 e. The number of nitrogens with one attached hydrogen (secondary N) is 1. The van der Waals surface area contributed by atoms with Gasteiger partial charge in [-0.05, 0) is 30.9 Å². The second-order valence-corrected chi connectivity index (χ2v) is 6.15. The standard InChI is InChI=1S/C16H26N2O2/c1-5-20-14-8-6-7-13(9-14)18-15(19)12(11-17)10-16(2,3)4/h6-9,12H,5,10-11,17H2,1-4H3,(H,18,19). The number of ether oxygens (including phenoxy) is 1. The largest absolute Gasteiger partial charge is 0.494 e. The van der Waals surface area contributed by atoms with Crippen LogP contribution in [-0.2, 0) is 4.79 Å². The molecule has 4 heteroatoms. The minimum absolute atomic E-state index is 0.0314. The van der Waals surface area contributed by atoms with Crippen LogP contribution >= 0.6 is 0 Å². The fourth-order valence-corrected chi connectivity index (χ4v) is 2.10. The molecule has 112 valence electrons. The molecule has 1 amide bonds. The van der Waals surface area contributed by atoms with Crippen LogP contribution in [-0.4, -0.2) is 19.1 Å². The first-order valence-electron chi connectivity index (χ1n) is 7.09. The Morgan fingerprint density at radius 1 is 1.40 bits per heavy atom. The van der Waals surface area contributed by atoms with E-state index in [1.807, 2.05) is 31.2 Å². The van der Waals surface area contributed by atoms with Crippen molar-refractivity contribution in [3.8, 4) is 5.75 Å². The summed E-state index contributed by atoms with van der Waals surface area (Å²) in [5.74, 6) is 0.548. The molecule has 1 aromatic rings. The van der Waals surface area contributed by atoms with Crippen molar-refractivity contribution in [2.45, 2.75) is 34.1 Å². The highest BCUT2D eigenvalue weighted by atomic mass is 16.5. The summed E-state index contributed by atoms with van der Waals surface area (Å²) in [6.07, 6.45) is 0.764. The van der Waals surface area contributed by atoms with Crippen molar-refractivity contribution in [2.75, 3.05) is 18.5 Å². The van der Waals surface area contributed by atoms with Crippen molar-refractivity contribution in [1.82, 2.24) is 0 Å². The molecule has 1 rings (SSSR count). The normalized spacial score (nSPS) is 12.8. The van der Waals surface area contributed by atoms with E-state index in [1.54, 1.807) is 0 Å². The highest BCUT2D eigenvalue weighted by molar-refractivity contribution is 5.92. The fourth-order valence-electron chi connectivity index (χ4n) is 2.10. The second kappa shape index (κ2) is 7.29. The average molecular weight is 278 g/mol. The lowest BCUT2D eigenvalue weighted by atomic mass is 9.84. The van der Waals surface area contributed by atoms with E-state index in [0.29, 0.717) is 13.2 Å². The first kappa shape index (κ1) is 16.5. The number of carbonyl (C=O) groups excluding carboxylic acids is 1. The third-order valence-electron chi connectivity index (χ3n) is 2.93. The Morgan fingerprint density at radius 3 is 2.65 bits per heavy atom. The lowest BCUT2D eigenvalue weighted by Crippen LogP contribution is -2.32.